The molecule has 2 rings (SSSR count). The van der Waals surface area contributed by atoms with Gasteiger partial charge in [0.2, 0.25) is 11.8 Å². The molecule has 0 fully saturated rings. The van der Waals surface area contributed by atoms with Gasteiger partial charge < -0.3 is 31.3 Å². The third kappa shape index (κ3) is 5.75. The Kier molecular flexibility index (Phi) is 6.99. The van der Waals surface area contributed by atoms with Gasteiger partial charge in [0, 0.05) is 19.5 Å². The smallest absolute Gasteiger partial charge is 0.426 e. The van der Waals surface area contributed by atoms with Crippen molar-refractivity contribution in [1.82, 2.24) is 15.5 Å². The minimum absolute atomic E-state index is 0.0266. The van der Waals surface area contributed by atoms with Crippen LogP contribution in [0.2, 0.25) is 0 Å². The normalized spacial score (nSPS) is 14.2. The fraction of sp³-hybridized carbons (Fsp3) is 0.438. The molecule has 0 aliphatic carbocycles. The molecule has 1 heterocycles. The quantitative estimate of drug-likeness (QED) is 0.376. The van der Waals surface area contributed by atoms with E-state index in [0.29, 0.717) is 13.1 Å². The molecule has 1 unspecified atom stereocenters. The molecule has 0 radical (unpaired) electrons. The van der Waals surface area contributed by atoms with Crippen LogP contribution in [0.3, 0.4) is 0 Å². The molecule has 10 heteroatoms. The molecule has 1 atom stereocenters. The summed E-state index contributed by atoms with van der Waals surface area (Å²) in [6, 6.07) is 6.42. The SMILES string of the molecule is NC(=O)CCC(NC(=O)N1CCc2ccccc2C1)C(=O)NCB(O)O. The molecule has 26 heavy (non-hydrogen) atoms. The molecule has 6 N–H and O–H groups in total. The molecule has 0 saturated heterocycles. The van der Waals surface area contributed by atoms with Crippen LogP contribution in [-0.4, -0.2) is 58.9 Å². The number of urea groups is 1. The highest BCUT2D eigenvalue weighted by Gasteiger charge is 2.26. The number of carbonyl (C=O) groups excluding carboxylic acids is 3. The lowest BCUT2D eigenvalue weighted by Gasteiger charge is -2.30. The number of nitrogens with zero attached hydrogens (tertiary/aromatic N) is 1. The summed E-state index contributed by atoms with van der Waals surface area (Å²) < 4.78 is 0. The van der Waals surface area contributed by atoms with Gasteiger partial charge in [-0.2, -0.15) is 0 Å². The third-order valence-electron chi connectivity index (χ3n) is 4.17. The van der Waals surface area contributed by atoms with E-state index in [1.54, 1.807) is 4.90 Å². The number of hydrogen-bond acceptors (Lipinski definition) is 5. The van der Waals surface area contributed by atoms with Crippen molar-refractivity contribution >= 4 is 25.0 Å². The zero-order valence-corrected chi connectivity index (χ0v) is 14.4. The summed E-state index contributed by atoms with van der Waals surface area (Å²) in [7, 11) is -1.70. The van der Waals surface area contributed by atoms with Crippen LogP contribution in [0, 0.1) is 0 Å². The van der Waals surface area contributed by atoms with Gasteiger partial charge in [0.25, 0.3) is 0 Å². The Balaban J connectivity index is 1.98. The minimum atomic E-state index is -1.70. The fourth-order valence-corrected chi connectivity index (χ4v) is 2.78. The minimum Gasteiger partial charge on any atom is -0.426 e. The van der Waals surface area contributed by atoms with Gasteiger partial charge in [-0.15, -0.1) is 0 Å². The van der Waals surface area contributed by atoms with Gasteiger partial charge in [-0.3, -0.25) is 9.59 Å². The second kappa shape index (κ2) is 9.21. The fourth-order valence-electron chi connectivity index (χ4n) is 2.78. The number of hydrogen-bond donors (Lipinski definition) is 5. The van der Waals surface area contributed by atoms with Gasteiger partial charge in [0.15, 0.2) is 0 Å². The summed E-state index contributed by atoms with van der Waals surface area (Å²) in [6.45, 7) is 0.948. The van der Waals surface area contributed by atoms with E-state index in [-0.39, 0.29) is 19.3 Å². The van der Waals surface area contributed by atoms with Crippen LogP contribution in [0.5, 0.6) is 0 Å². The largest absolute Gasteiger partial charge is 0.472 e. The predicted molar refractivity (Wildman–Crippen MR) is 94.5 cm³/mol. The van der Waals surface area contributed by atoms with Crippen molar-refractivity contribution in [2.24, 2.45) is 5.73 Å². The number of rotatable bonds is 7. The van der Waals surface area contributed by atoms with E-state index in [1.165, 1.54) is 5.56 Å². The number of amides is 4. The monoisotopic (exact) mass is 362 g/mol. The van der Waals surface area contributed by atoms with E-state index < -0.39 is 31.0 Å². The van der Waals surface area contributed by atoms with Gasteiger partial charge in [-0.1, -0.05) is 24.3 Å². The average Bonchev–Trinajstić information content (AvgIpc) is 2.62. The van der Waals surface area contributed by atoms with Gasteiger partial charge >= 0.3 is 13.1 Å². The van der Waals surface area contributed by atoms with Crippen LogP contribution in [0.15, 0.2) is 24.3 Å². The molecule has 1 aromatic rings. The summed E-state index contributed by atoms with van der Waals surface area (Å²) in [5.41, 5.74) is 7.36. The standard InChI is InChI=1S/C16H23BN4O5/c18-14(22)6-5-13(15(23)19-10-17(25)26)20-16(24)21-8-7-11-3-1-2-4-12(11)9-21/h1-4,13,25-26H,5-10H2,(H2,18,22)(H,19,23)(H,20,24). The lowest BCUT2D eigenvalue weighted by molar-refractivity contribution is -0.123. The first-order valence-corrected chi connectivity index (χ1v) is 8.41. The molecule has 1 aliphatic heterocycles. The molecule has 0 aromatic heterocycles. The molecule has 1 aromatic carbocycles. The van der Waals surface area contributed by atoms with Crippen molar-refractivity contribution in [3.63, 3.8) is 0 Å². The van der Waals surface area contributed by atoms with Gasteiger partial charge in [0.1, 0.15) is 6.04 Å². The van der Waals surface area contributed by atoms with Crippen LogP contribution < -0.4 is 16.4 Å². The summed E-state index contributed by atoms with van der Waals surface area (Å²) in [5.74, 6) is -1.20. The maximum atomic E-state index is 12.5. The molecular weight excluding hydrogens is 339 g/mol. The highest BCUT2D eigenvalue weighted by Crippen LogP contribution is 2.18. The molecule has 0 spiro atoms. The first-order valence-electron chi connectivity index (χ1n) is 8.41. The van der Waals surface area contributed by atoms with Crippen molar-refractivity contribution in [2.45, 2.75) is 31.8 Å². The van der Waals surface area contributed by atoms with Crippen molar-refractivity contribution in [3.8, 4) is 0 Å². The third-order valence-corrected chi connectivity index (χ3v) is 4.17. The highest BCUT2D eigenvalue weighted by atomic mass is 16.4. The number of nitrogens with one attached hydrogen (secondary N) is 2. The van der Waals surface area contributed by atoms with Crippen molar-refractivity contribution in [2.75, 3.05) is 13.0 Å². The first kappa shape index (κ1) is 19.7. The van der Waals surface area contributed by atoms with Crippen molar-refractivity contribution in [3.05, 3.63) is 35.4 Å². The summed E-state index contributed by atoms with van der Waals surface area (Å²) in [5, 5.41) is 22.6. The van der Waals surface area contributed by atoms with E-state index in [9.17, 15) is 14.4 Å². The maximum Gasteiger partial charge on any atom is 0.472 e. The van der Waals surface area contributed by atoms with Gasteiger partial charge in [-0.05, 0) is 24.0 Å². The van der Waals surface area contributed by atoms with Crippen LogP contribution in [0.1, 0.15) is 24.0 Å². The predicted octanol–water partition coefficient (Wildman–Crippen LogP) is -1.48. The number of primary amides is 1. The topological polar surface area (TPSA) is 145 Å². The molecule has 9 nitrogen and oxygen atoms in total. The van der Waals surface area contributed by atoms with Gasteiger partial charge in [0.05, 0.1) is 6.44 Å². The maximum absolute atomic E-state index is 12.5. The number of nitrogens with two attached hydrogens (primary N) is 1. The molecule has 1 aliphatic rings. The van der Waals surface area contributed by atoms with E-state index in [2.05, 4.69) is 10.6 Å². The first-order chi connectivity index (χ1) is 12.4. The number of carbonyl (C=O) groups is 3. The Bertz CT molecular complexity index is 670. The van der Waals surface area contributed by atoms with E-state index >= 15 is 0 Å². The zero-order valence-electron chi connectivity index (χ0n) is 14.4. The van der Waals surface area contributed by atoms with Gasteiger partial charge in [-0.25, -0.2) is 4.79 Å². The Hall–Kier alpha value is -2.59. The molecule has 0 bridgehead atoms. The van der Waals surface area contributed by atoms with Crippen LogP contribution >= 0.6 is 0 Å². The average molecular weight is 362 g/mol. The lowest BCUT2D eigenvalue weighted by atomic mass is 9.92. The van der Waals surface area contributed by atoms with E-state index in [1.807, 2.05) is 24.3 Å². The summed E-state index contributed by atoms with van der Waals surface area (Å²) >= 11 is 0. The molecule has 140 valence electrons. The Labute approximate surface area is 151 Å². The van der Waals surface area contributed by atoms with Crippen molar-refractivity contribution < 1.29 is 24.4 Å². The van der Waals surface area contributed by atoms with Crippen LogP contribution in [0.25, 0.3) is 0 Å². The van der Waals surface area contributed by atoms with Crippen LogP contribution in [0.4, 0.5) is 4.79 Å². The molecule has 4 amide bonds. The highest BCUT2D eigenvalue weighted by molar-refractivity contribution is 6.41. The molecular formula is C16H23BN4O5. The summed E-state index contributed by atoms with van der Waals surface area (Å²) in [6.07, 6.45) is 0.291. The number of fused-ring (bicyclic) bond motifs is 1. The Morgan fingerprint density at radius 3 is 2.58 bits per heavy atom. The van der Waals surface area contributed by atoms with E-state index in [4.69, 9.17) is 15.8 Å². The Morgan fingerprint density at radius 2 is 1.92 bits per heavy atom. The van der Waals surface area contributed by atoms with Crippen LogP contribution in [-0.2, 0) is 22.6 Å². The molecule has 0 saturated carbocycles. The number of benzene rings is 1. The Morgan fingerprint density at radius 1 is 1.23 bits per heavy atom. The second-order valence-corrected chi connectivity index (χ2v) is 6.17. The zero-order chi connectivity index (χ0) is 19.1. The van der Waals surface area contributed by atoms with E-state index in [0.717, 1.165) is 12.0 Å². The summed E-state index contributed by atoms with van der Waals surface area (Å²) in [4.78, 5) is 37.3. The lowest BCUT2D eigenvalue weighted by Crippen LogP contribution is -2.53. The van der Waals surface area contributed by atoms with Crippen molar-refractivity contribution in [1.29, 1.82) is 0 Å². The second-order valence-electron chi connectivity index (χ2n) is 6.17.